The molecule has 1 aromatic carbocycles. The van der Waals surface area contributed by atoms with Gasteiger partial charge < -0.3 is 15.0 Å². The Labute approximate surface area is 150 Å². The lowest BCUT2D eigenvalue weighted by molar-refractivity contribution is -0.122. The van der Waals surface area contributed by atoms with E-state index >= 15 is 0 Å². The summed E-state index contributed by atoms with van der Waals surface area (Å²) >= 11 is 1.35. The second-order valence-corrected chi connectivity index (χ2v) is 6.71. The van der Waals surface area contributed by atoms with Crippen LogP contribution in [0.4, 0.5) is 10.8 Å². The van der Waals surface area contributed by atoms with Gasteiger partial charge in [0.25, 0.3) is 0 Å². The van der Waals surface area contributed by atoms with Crippen molar-refractivity contribution in [2.75, 3.05) is 23.4 Å². The number of ether oxygens (including phenoxy) is 1. The van der Waals surface area contributed by atoms with E-state index in [-0.39, 0.29) is 18.2 Å². The predicted molar refractivity (Wildman–Crippen MR) is 96.0 cm³/mol. The Morgan fingerprint density at radius 3 is 2.88 bits per heavy atom. The molecule has 1 aromatic heterocycles. The first-order valence-corrected chi connectivity index (χ1v) is 9.09. The van der Waals surface area contributed by atoms with E-state index in [1.54, 1.807) is 4.90 Å². The molecular formula is C17H20N4O3S. The lowest BCUT2D eigenvalue weighted by Crippen LogP contribution is -2.28. The van der Waals surface area contributed by atoms with Crippen molar-refractivity contribution in [1.29, 1.82) is 0 Å². The van der Waals surface area contributed by atoms with Crippen molar-refractivity contribution >= 4 is 34.0 Å². The van der Waals surface area contributed by atoms with Gasteiger partial charge >= 0.3 is 0 Å². The summed E-state index contributed by atoms with van der Waals surface area (Å²) in [6.07, 6.45) is 0.948. The molecular weight excluding hydrogens is 340 g/mol. The molecule has 2 heterocycles. The van der Waals surface area contributed by atoms with Gasteiger partial charge in [-0.3, -0.25) is 9.59 Å². The van der Waals surface area contributed by atoms with Crippen LogP contribution in [0.1, 0.15) is 25.3 Å². The number of hydrogen-bond donors (Lipinski definition) is 1. The van der Waals surface area contributed by atoms with Crippen LogP contribution in [0.5, 0.6) is 5.75 Å². The Morgan fingerprint density at radius 1 is 1.36 bits per heavy atom. The predicted octanol–water partition coefficient (Wildman–Crippen LogP) is 2.49. The summed E-state index contributed by atoms with van der Waals surface area (Å²) in [4.78, 5) is 26.5. The normalized spacial score (nSPS) is 17.0. The third-order valence-electron chi connectivity index (χ3n) is 3.95. The fraction of sp³-hybridized carbons (Fsp3) is 0.412. The van der Waals surface area contributed by atoms with Crippen LogP contribution in [-0.2, 0) is 16.0 Å². The van der Waals surface area contributed by atoms with Crippen molar-refractivity contribution in [3.8, 4) is 5.75 Å². The molecule has 3 rings (SSSR count). The average Bonchev–Trinajstić information content (AvgIpc) is 3.22. The summed E-state index contributed by atoms with van der Waals surface area (Å²) < 4.78 is 5.59. The Balaban J connectivity index is 1.70. The van der Waals surface area contributed by atoms with Gasteiger partial charge in [-0.2, -0.15) is 0 Å². The van der Waals surface area contributed by atoms with E-state index in [1.165, 1.54) is 11.3 Å². The van der Waals surface area contributed by atoms with E-state index in [9.17, 15) is 9.59 Å². The number of carbonyl (C=O) groups is 2. The first kappa shape index (κ1) is 17.3. The molecule has 7 nitrogen and oxygen atoms in total. The zero-order valence-electron chi connectivity index (χ0n) is 14.2. The molecule has 25 heavy (non-hydrogen) atoms. The molecule has 132 valence electrons. The largest absolute Gasteiger partial charge is 0.492 e. The van der Waals surface area contributed by atoms with Crippen LogP contribution in [0, 0.1) is 5.92 Å². The van der Waals surface area contributed by atoms with Gasteiger partial charge in [-0.15, -0.1) is 10.2 Å². The minimum absolute atomic E-state index is 0.0844. The van der Waals surface area contributed by atoms with Crippen LogP contribution in [0.25, 0.3) is 0 Å². The SMILES string of the molecule is CCOc1ccccc1N1C[C@H](C(=O)Nc2nnc(CC)s2)CC1=O. The first-order valence-electron chi connectivity index (χ1n) is 8.27. The number of aromatic nitrogens is 2. The molecule has 2 aromatic rings. The molecule has 0 saturated carbocycles. The van der Waals surface area contributed by atoms with Crippen molar-refractivity contribution < 1.29 is 14.3 Å². The van der Waals surface area contributed by atoms with Gasteiger partial charge in [-0.25, -0.2) is 0 Å². The van der Waals surface area contributed by atoms with Crippen LogP contribution in [0.2, 0.25) is 0 Å². The second kappa shape index (κ2) is 7.60. The molecule has 0 bridgehead atoms. The number of anilines is 2. The van der Waals surface area contributed by atoms with Crippen molar-refractivity contribution in [1.82, 2.24) is 10.2 Å². The number of hydrogen-bond acceptors (Lipinski definition) is 6. The number of para-hydroxylation sites is 2. The van der Waals surface area contributed by atoms with Gasteiger partial charge in [0.1, 0.15) is 10.8 Å². The molecule has 8 heteroatoms. The monoisotopic (exact) mass is 360 g/mol. The molecule has 1 aliphatic heterocycles. The summed E-state index contributed by atoms with van der Waals surface area (Å²) in [5.74, 6) is -0.0605. The zero-order valence-corrected chi connectivity index (χ0v) is 15.0. The first-order chi connectivity index (χ1) is 12.1. The molecule has 0 radical (unpaired) electrons. The quantitative estimate of drug-likeness (QED) is 0.855. The maximum Gasteiger partial charge on any atom is 0.231 e. The summed E-state index contributed by atoms with van der Waals surface area (Å²) in [6, 6.07) is 7.38. The summed E-state index contributed by atoms with van der Waals surface area (Å²) in [7, 11) is 0. The van der Waals surface area contributed by atoms with Gasteiger partial charge in [0.15, 0.2) is 0 Å². The number of rotatable bonds is 6. The lowest BCUT2D eigenvalue weighted by atomic mass is 10.1. The highest BCUT2D eigenvalue weighted by molar-refractivity contribution is 7.15. The maximum absolute atomic E-state index is 12.5. The fourth-order valence-corrected chi connectivity index (χ4v) is 3.41. The van der Waals surface area contributed by atoms with E-state index in [2.05, 4.69) is 15.5 Å². The van der Waals surface area contributed by atoms with Crippen LogP contribution in [0.15, 0.2) is 24.3 Å². The second-order valence-electron chi connectivity index (χ2n) is 5.65. The maximum atomic E-state index is 12.5. The number of nitrogens with zero attached hydrogens (tertiary/aromatic N) is 3. The molecule has 0 aliphatic carbocycles. The van der Waals surface area contributed by atoms with E-state index in [1.807, 2.05) is 38.1 Å². The summed E-state index contributed by atoms with van der Waals surface area (Å²) in [5, 5.41) is 12.0. The Kier molecular flexibility index (Phi) is 5.28. The molecule has 1 atom stereocenters. The number of nitrogens with one attached hydrogen (secondary N) is 1. The number of carbonyl (C=O) groups excluding carboxylic acids is 2. The van der Waals surface area contributed by atoms with Gasteiger partial charge in [-0.05, 0) is 25.5 Å². The van der Waals surface area contributed by atoms with E-state index < -0.39 is 5.92 Å². The molecule has 1 N–H and O–H groups in total. The van der Waals surface area contributed by atoms with E-state index in [0.717, 1.165) is 11.4 Å². The van der Waals surface area contributed by atoms with E-state index in [4.69, 9.17) is 4.74 Å². The van der Waals surface area contributed by atoms with Gasteiger partial charge in [0.2, 0.25) is 16.9 Å². The van der Waals surface area contributed by atoms with E-state index in [0.29, 0.717) is 29.7 Å². The minimum Gasteiger partial charge on any atom is -0.492 e. The topological polar surface area (TPSA) is 84.4 Å². The smallest absolute Gasteiger partial charge is 0.231 e. The van der Waals surface area contributed by atoms with Crippen molar-refractivity contribution in [2.24, 2.45) is 5.92 Å². The molecule has 0 unspecified atom stereocenters. The highest BCUT2D eigenvalue weighted by Gasteiger charge is 2.36. The molecule has 2 amide bonds. The molecule has 1 aliphatic rings. The Morgan fingerprint density at radius 2 is 2.16 bits per heavy atom. The van der Waals surface area contributed by atoms with Crippen LogP contribution in [0.3, 0.4) is 0 Å². The molecule has 0 spiro atoms. The molecule has 1 fully saturated rings. The highest BCUT2D eigenvalue weighted by atomic mass is 32.1. The minimum atomic E-state index is -0.420. The van der Waals surface area contributed by atoms with Crippen LogP contribution in [-0.4, -0.2) is 35.2 Å². The zero-order chi connectivity index (χ0) is 17.8. The van der Waals surface area contributed by atoms with Crippen molar-refractivity contribution in [3.05, 3.63) is 29.3 Å². The number of amides is 2. The van der Waals surface area contributed by atoms with Crippen LogP contribution < -0.4 is 15.0 Å². The fourth-order valence-electron chi connectivity index (χ4n) is 2.73. The standard InChI is InChI=1S/C17H20N4O3S/c1-3-14-19-20-17(25-14)18-16(23)11-9-15(22)21(10-11)12-7-5-6-8-13(12)24-4-2/h5-8,11H,3-4,9-10H2,1-2H3,(H,18,20,23)/t11-/m1/s1. The van der Waals surface area contributed by atoms with Crippen molar-refractivity contribution in [3.63, 3.8) is 0 Å². The average molecular weight is 360 g/mol. The summed E-state index contributed by atoms with van der Waals surface area (Å²) in [5.41, 5.74) is 0.703. The number of benzene rings is 1. The lowest BCUT2D eigenvalue weighted by Gasteiger charge is -2.20. The van der Waals surface area contributed by atoms with Crippen molar-refractivity contribution in [2.45, 2.75) is 26.7 Å². The Hall–Kier alpha value is -2.48. The van der Waals surface area contributed by atoms with Crippen LogP contribution >= 0.6 is 11.3 Å². The Bertz CT molecular complexity index is 777. The third kappa shape index (κ3) is 3.79. The highest BCUT2D eigenvalue weighted by Crippen LogP contribution is 2.33. The van der Waals surface area contributed by atoms with Gasteiger partial charge in [0.05, 0.1) is 18.2 Å². The summed E-state index contributed by atoms with van der Waals surface area (Å²) in [6.45, 7) is 4.72. The van der Waals surface area contributed by atoms with Gasteiger partial charge in [0, 0.05) is 13.0 Å². The third-order valence-corrected chi connectivity index (χ3v) is 4.93. The molecule has 1 saturated heterocycles. The number of aryl methyl sites for hydroxylation is 1. The van der Waals surface area contributed by atoms with Gasteiger partial charge in [-0.1, -0.05) is 30.4 Å².